The standard InChI is InChI=1S/C24H26F3N7O2.3H2/c1-5-16(7-17-8-21(31-14(17)3)18-10-30-34(13-18)24(25,26)27)23(36)33-20-9-19(11-29-15(20)4)32-22(35)12-28-6-2;;;/h5,7-11,13,28,31H,3,6,12H2,1-2,4H3,(H,32,35)(H,33,36);3*1H/b16-5+,17-7-;;;. The van der Waals surface area contributed by atoms with Crippen molar-refractivity contribution in [1.29, 1.82) is 0 Å². The highest BCUT2D eigenvalue weighted by Crippen LogP contribution is 2.24. The topological polar surface area (TPSA) is 117 Å². The van der Waals surface area contributed by atoms with Gasteiger partial charge in [-0.25, -0.2) is 0 Å². The molecule has 9 nitrogen and oxygen atoms in total. The molecule has 3 aromatic heterocycles. The predicted molar refractivity (Wildman–Crippen MR) is 137 cm³/mol. The normalized spacial score (nSPS) is 12.6. The summed E-state index contributed by atoms with van der Waals surface area (Å²) in [4.78, 5) is 32.1. The molecular weight excluding hydrogens is 475 g/mol. The number of hydrogen-bond donors (Lipinski definition) is 4. The van der Waals surface area contributed by atoms with Crippen LogP contribution < -0.4 is 26.5 Å². The maximum atomic E-state index is 13.0. The summed E-state index contributed by atoms with van der Waals surface area (Å²) in [6.07, 6.45) is 1.98. The number of hydrogen-bond acceptors (Lipinski definition) is 5. The van der Waals surface area contributed by atoms with E-state index in [-0.39, 0.29) is 32.6 Å². The monoisotopic (exact) mass is 507 g/mol. The summed E-state index contributed by atoms with van der Waals surface area (Å²) in [5, 5.41) is 12.7. The number of nitrogens with zero attached hydrogens (tertiary/aromatic N) is 3. The third-order valence-corrected chi connectivity index (χ3v) is 5.13. The van der Waals surface area contributed by atoms with Crippen LogP contribution in [-0.4, -0.2) is 44.7 Å². The van der Waals surface area contributed by atoms with Gasteiger partial charge in [-0.15, -0.1) is 13.2 Å². The summed E-state index contributed by atoms with van der Waals surface area (Å²) < 4.78 is 38.4. The van der Waals surface area contributed by atoms with Crippen LogP contribution in [0.15, 0.2) is 42.4 Å². The van der Waals surface area contributed by atoms with Crippen molar-refractivity contribution in [3.63, 3.8) is 0 Å². The lowest BCUT2D eigenvalue weighted by molar-refractivity contribution is -0.212. The quantitative estimate of drug-likeness (QED) is 0.350. The molecule has 3 aromatic rings. The van der Waals surface area contributed by atoms with Gasteiger partial charge in [0.15, 0.2) is 0 Å². The summed E-state index contributed by atoms with van der Waals surface area (Å²) in [5.74, 6) is -0.681. The number of carbonyl (C=O) groups excluding carboxylic acids is 2. The van der Waals surface area contributed by atoms with Crippen LogP contribution in [0.25, 0.3) is 23.9 Å². The van der Waals surface area contributed by atoms with Gasteiger partial charge in [-0.05, 0) is 38.6 Å². The Bertz CT molecular complexity index is 1420. The van der Waals surface area contributed by atoms with E-state index in [0.717, 1.165) is 12.4 Å². The molecule has 0 aliphatic rings. The van der Waals surface area contributed by atoms with Crippen molar-refractivity contribution in [2.75, 3.05) is 23.7 Å². The fourth-order valence-electron chi connectivity index (χ4n) is 3.21. The number of rotatable bonds is 8. The second kappa shape index (κ2) is 11.0. The zero-order valence-corrected chi connectivity index (χ0v) is 20.0. The number of pyridine rings is 1. The molecule has 196 valence electrons. The average molecular weight is 508 g/mol. The number of likely N-dealkylation sites (N-methyl/N-ethyl adjacent to an activating group) is 1. The van der Waals surface area contributed by atoms with Gasteiger partial charge in [0, 0.05) is 37.9 Å². The number of anilines is 2. The smallest absolute Gasteiger partial charge is 0.355 e. The molecule has 0 saturated heterocycles. The van der Waals surface area contributed by atoms with Gasteiger partial charge in [-0.3, -0.25) is 14.6 Å². The Kier molecular flexibility index (Phi) is 8.10. The first-order valence-electron chi connectivity index (χ1n) is 11.0. The van der Waals surface area contributed by atoms with Crippen LogP contribution in [0.1, 0.15) is 23.8 Å². The Morgan fingerprint density at radius 2 is 2.00 bits per heavy atom. The van der Waals surface area contributed by atoms with Gasteiger partial charge in [0.1, 0.15) is 0 Å². The number of allylic oxidation sites excluding steroid dienone is 1. The molecule has 0 atom stereocenters. The van der Waals surface area contributed by atoms with Gasteiger partial charge in [-0.2, -0.15) is 9.78 Å². The summed E-state index contributed by atoms with van der Waals surface area (Å²) in [6, 6.07) is 3.20. The van der Waals surface area contributed by atoms with Crippen molar-refractivity contribution in [3.05, 3.63) is 58.6 Å². The minimum absolute atomic E-state index is 0. The highest BCUT2D eigenvalue weighted by Gasteiger charge is 2.31. The van der Waals surface area contributed by atoms with Gasteiger partial charge in [-0.1, -0.05) is 19.6 Å². The lowest BCUT2D eigenvalue weighted by Crippen LogP contribution is -2.27. The number of halogens is 3. The molecule has 0 unspecified atom stereocenters. The lowest BCUT2D eigenvalue weighted by atomic mass is 10.1. The molecule has 0 aliphatic heterocycles. The van der Waals surface area contributed by atoms with Gasteiger partial charge < -0.3 is 20.9 Å². The van der Waals surface area contributed by atoms with Crippen molar-refractivity contribution < 1.29 is 27.0 Å². The molecule has 0 radical (unpaired) electrons. The molecular formula is C24H32F3N7O2. The largest absolute Gasteiger partial charge is 0.504 e. The van der Waals surface area contributed by atoms with Gasteiger partial charge in [0.05, 0.1) is 36.0 Å². The summed E-state index contributed by atoms with van der Waals surface area (Å²) >= 11 is 0. The number of carbonyl (C=O) groups is 2. The van der Waals surface area contributed by atoms with E-state index in [0.29, 0.717) is 39.9 Å². The highest BCUT2D eigenvalue weighted by molar-refractivity contribution is 6.10. The summed E-state index contributed by atoms with van der Waals surface area (Å²) in [5.41, 5.74) is 2.28. The van der Waals surface area contributed by atoms with Crippen LogP contribution in [0.3, 0.4) is 0 Å². The van der Waals surface area contributed by atoms with E-state index in [2.05, 4.69) is 37.6 Å². The second-order valence-corrected chi connectivity index (χ2v) is 7.79. The molecule has 0 aliphatic carbocycles. The Hall–Kier alpha value is -4.19. The van der Waals surface area contributed by atoms with Crippen molar-refractivity contribution in [2.24, 2.45) is 0 Å². The number of aromatic amines is 1. The number of alkyl halides is 3. The SMILES string of the molecule is C=c1[nH]c(-c2cnn(C(F)(F)F)c2)c/c1=C/C(=C\C)C(=O)Nc1cc(NC(=O)CNCC)cnc1C.[HH].[HH].[HH]. The van der Waals surface area contributed by atoms with Crippen molar-refractivity contribution in [1.82, 2.24) is 25.1 Å². The van der Waals surface area contributed by atoms with Crippen LogP contribution in [-0.2, 0) is 15.9 Å². The Morgan fingerprint density at radius 3 is 2.64 bits per heavy atom. The van der Waals surface area contributed by atoms with Crippen LogP contribution >= 0.6 is 0 Å². The molecule has 36 heavy (non-hydrogen) atoms. The molecule has 4 N–H and O–H groups in total. The maximum Gasteiger partial charge on any atom is 0.504 e. The molecule has 0 aromatic carbocycles. The van der Waals surface area contributed by atoms with Gasteiger partial charge >= 0.3 is 6.30 Å². The Labute approximate surface area is 209 Å². The molecule has 0 spiro atoms. The van der Waals surface area contributed by atoms with E-state index in [1.165, 1.54) is 6.20 Å². The van der Waals surface area contributed by atoms with Crippen LogP contribution in [0.5, 0.6) is 0 Å². The molecule has 3 heterocycles. The molecule has 0 fully saturated rings. The van der Waals surface area contributed by atoms with Crippen molar-refractivity contribution >= 4 is 35.8 Å². The van der Waals surface area contributed by atoms with E-state index in [1.54, 1.807) is 38.1 Å². The first-order valence-corrected chi connectivity index (χ1v) is 11.0. The highest BCUT2D eigenvalue weighted by atomic mass is 19.4. The first-order chi connectivity index (χ1) is 17.0. The van der Waals surface area contributed by atoms with Gasteiger partial charge in [0.2, 0.25) is 5.91 Å². The van der Waals surface area contributed by atoms with E-state index >= 15 is 0 Å². The van der Waals surface area contributed by atoms with Crippen LogP contribution in [0.4, 0.5) is 24.5 Å². The fourth-order valence-corrected chi connectivity index (χ4v) is 3.21. The third kappa shape index (κ3) is 6.48. The fraction of sp³-hybridized carbons (Fsp3) is 0.250. The number of nitrogens with one attached hydrogen (secondary N) is 4. The molecule has 0 bridgehead atoms. The number of aryl methyl sites for hydroxylation is 1. The van der Waals surface area contributed by atoms with E-state index in [9.17, 15) is 22.8 Å². The van der Waals surface area contributed by atoms with Crippen molar-refractivity contribution in [3.8, 4) is 11.3 Å². The molecule has 2 amide bonds. The number of aromatic nitrogens is 4. The van der Waals surface area contributed by atoms with E-state index in [1.807, 2.05) is 6.92 Å². The van der Waals surface area contributed by atoms with E-state index in [4.69, 9.17) is 0 Å². The van der Waals surface area contributed by atoms with Gasteiger partial charge in [0.25, 0.3) is 5.91 Å². The number of H-pyrrole nitrogens is 1. The average Bonchev–Trinajstić information content (AvgIpc) is 3.45. The molecule has 3 rings (SSSR count). The summed E-state index contributed by atoms with van der Waals surface area (Å²) in [7, 11) is 0. The third-order valence-electron chi connectivity index (χ3n) is 5.13. The van der Waals surface area contributed by atoms with Crippen LogP contribution in [0, 0.1) is 6.92 Å². The number of amides is 2. The zero-order chi connectivity index (χ0) is 26.5. The minimum Gasteiger partial charge on any atom is -0.355 e. The molecule has 0 saturated carbocycles. The predicted octanol–water partition coefficient (Wildman–Crippen LogP) is 3.12. The maximum absolute atomic E-state index is 13.0. The van der Waals surface area contributed by atoms with E-state index < -0.39 is 12.2 Å². The lowest BCUT2D eigenvalue weighted by Gasteiger charge is -2.11. The zero-order valence-electron chi connectivity index (χ0n) is 20.0. The molecule has 12 heteroatoms. The first kappa shape index (κ1) is 26.4. The Morgan fingerprint density at radius 1 is 1.25 bits per heavy atom. The summed E-state index contributed by atoms with van der Waals surface area (Å²) in [6.45, 7) is 9.95. The minimum atomic E-state index is -4.62. The van der Waals surface area contributed by atoms with Crippen molar-refractivity contribution in [2.45, 2.75) is 27.1 Å². The van der Waals surface area contributed by atoms with Crippen LogP contribution in [0.2, 0.25) is 0 Å². The Balaban J connectivity index is 0.00000481. The second-order valence-electron chi connectivity index (χ2n) is 7.79.